The molecule has 0 saturated heterocycles. The van der Waals surface area contributed by atoms with Crippen LogP contribution in [0.3, 0.4) is 0 Å². The lowest BCUT2D eigenvalue weighted by Crippen LogP contribution is -2.39. The lowest BCUT2D eigenvalue weighted by atomic mass is 9.86. The summed E-state index contributed by atoms with van der Waals surface area (Å²) in [5.74, 6) is 0.644. The fourth-order valence-corrected chi connectivity index (χ4v) is 2.66. The minimum atomic E-state index is -0.00221. The van der Waals surface area contributed by atoms with Crippen molar-refractivity contribution in [1.82, 2.24) is 0 Å². The van der Waals surface area contributed by atoms with Crippen molar-refractivity contribution in [2.75, 3.05) is 0 Å². The van der Waals surface area contributed by atoms with E-state index in [-0.39, 0.29) is 5.54 Å². The van der Waals surface area contributed by atoms with E-state index in [9.17, 15) is 0 Å². The van der Waals surface area contributed by atoms with Crippen LogP contribution in [0, 0.1) is 5.92 Å². The van der Waals surface area contributed by atoms with E-state index in [2.05, 4.69) is 27.7 Å². The molecule has 0 amide bonds. The van der Waals surface area contributed by atoms with Gasteiger partial charge in [-0.15, -0.1) is 0 Å². The zero-order valence-corrected chi connectivity index (χ0v) is 14.8. The second kappa shape index (κ2) is 12.7. The summed E-state index contributed by atoms with van der Waals surface area (Å²) in [5.41, 5.74) is 6.12. The van der Waals surface area contributed by atoms with Gasteiger partial charge in [-0.3, -0.25) is 0 Å². The van der Waals surface area contributed by atoms with Crippen LogP contribution in [0.1, 0.15) is 111 Å². The van der Waals surface area contributed by atoms with Crippen LogP contribution in [0.5, 0.6) is 0 Å². The highest BCUT2D eigenvalue weighted by molar-refractivity contribution is 4.78. The summed E-state index contributed by atoms with van der Waals surface area (Å²) in [5, 5.41) is 0. The van der Waals surface area contributed by atoms with Gasteiger partial charge in [0, 0.05) is 5.54 Å². The Hall–Kier alpha value is -0.0400. The smallest absolute Gasteiger partial charge is 0.0123 e. The highest BCUT2D eigenvalue weighted by Gasteiger charge is 2.19. The summed E-state index contributed by atoms with van der Waals surface area (Å²) in [6.07, 6.45) is 18.4. The summed E-state index contributed by atoms with van der Waals surface area (Å²) in [7, 11) is 0. The predicted octanol–water partition coefficient (Wildman–Crippen LogP) is 6.45. The molecule has 1 heteroatoms. The molecular weight excluding hydrogens is 242 g/mol. The topological polar surface area (TPSA) is 26.0 Å². The molecule has 0 rings (SSSR count). The molecule has 0 bridgehead atoms. The minimum absolute atomic E-state index is 0.00221. The van der Waals surface area contributed by atoms with E-state index in [4.69, 9.17) is 5.73 Å². The Morgan fingerprint density at radius 1 is 0.700 bits per heavy atom. The molecule has 1 nitrogen and oxygen atoms in total. The monoisotopic (exact) mass is 283 g/mol. The Bertz CT molecular complexity index is 192. The average Bonchev–Trinajstić information content (AvgIpc) is 2.38. The van der Waals surface area contributed by atoms with E-state index in [1.165, 1.54) is 83.5 Å². The predicted molar refractivity (Wildman–Crippen MR) is 93.1 cm³/mol. The van der Waals surface area contributed by atoms with Crippen molar-refractivity contribution in [2.24, 2.45) is 11.7 Å². The van der Waals surface area contributed by atoms with Crippen LogP contribution in [0.25, 0.3) is 0 Å². The van der Waals surface area contributed by atoms with Gasteiger partial charge in [-0.05, 0) is 26.2 Å². The van der Waals surface area contributed by atoms with Gasteiger partial charge in [0.2, 0.25) is 0 Å². The maximum absolute atomic E-state index is 6.12. The van der Waals surface area contributed by atoms with Crippen LogP contribution in [0.4, 0.5) is 0 Å². The third kappa shape index (κ3) is 13.0. The molecule has 0 spiro atoms. The van der Waals surface area contributed by atoms with E-state index in [0.717, 1.165) is 0 Å². The Labute approximate surface area is 129 Å². The lowest BCUT2D eigenvalue weighted by Gasteiger charge is -2.27. The van der Waals surface area contributed by atoms with Gasteiger partial charge < -0.3 is 5.73 Å². The third-order valence-corrected chi connectivity index (χ3v) is 4.76. The lowest BCUT2D eigenvalue weighted by molar-refractivity contribution is 0.316. The van der Waals surface area contributed by atoms with E-state index in [0.29, 0.717) is 5.92 Å². The van der Waals surface area contributed by atoms with Gasteiger partial charge in [-0.25, -0.2) is 0 Å². The first-order chi connectivity index (χ1) is 9.48. The summed E-state index contributed by atoms with van der Waals surface area (Å²) >= 11 is 0. The largest absolute Gasteiger partial charge is 0.325 e. The van der Waals surface area contributed by atoms with Crippen LogP contribution >= 0.6 is 0 Å². The quantitative estimate of drug-likeness (QED) is 0.364. The summed E-state index contributed by atoms with van der Waals surface area (Å²) in [6, 6.07) is 0. The standard InChI is InChI=1S/C19H41N/c1-5-6-7-8-9-10-11-12-13-14-15-16-17-18(2)19(3,4)20/h18H,5-17,20H2,1-4H3. The van der Waals surface area contributed by atoms with Crippen molar-refractivity contribution in [3.05, 3.63) is 0 Å². The van der Waals surface area contributed by atoms with Crippen molar-refractivity contribution in [3.63, 3.8) is 0 Å². The number of unbranched alkanes of at least 4 members (excludes halogenated alkanes) is 11. The second-order valence-electron chi connectivity index (χ2n) is 7.40. The first kappa shape index (κ1) is 20.0. The van der Waals surface area contributed by atoms with Crippen LogP contribution in [0.2, 0.25) is 0 Å². The van der Waals surface area contributed by atoms with Crippen LogP contribution < -0.4 is 5.73 Å². The zero-order valence-electron chi connectivity index (χ0n) is 14.8. The fourth-order valence-electron chi connectivity index (χ4n) is 2.66. The number of hydrogen-bond acceptors (Lipinski definition) is 1. The first-order valence-electron chi connectivity index (χ1n) is 9.27. The second-order valence-corrected chi connectivity index (χ2v) is 7.40. The molecule has 122 valence electrons. The summed E-state index contributed by atoms with van der Waals surface area (Å²) in [6.45, 7) is 8.88. The van der Waals surface area contributed by atoms with Gasteiger partial charge in [0.25, 0.3) is 0 Å². The normalized spacial score (nSPS) is 13.7. The molecule has 20 heavy (non-hydrogen) atoms. The van der Waals surface area contributed by atoms with Gasteiger partial charge in [-0.1, -0.05) is 90.9 Å². The maximum Gasteiger partial charge on any atom is 0.0123 e. The Kier molecular flexibility index (Phi) is 12.7. The van der Waals surface area contributed by atoms with Crippen LogP contribution in [0.15, 0.2) is 0 Å². The highest BCUT2D eigenvalue weighted by atomic mass is 14.7. The molecule has 0 aromatic rings. The molecule has 0 aliphatic heterocycles. The minimum Gasteiger partial charge on any atom is -0.325 e. The van der Waals surface area contributed by atoms with Crippen molar-refractivity contribution in [3.8, 4) is 0 Å². The maximum atomic E-state index is 6.12. The van der Waals surface area contributed by atoms with E-state index < -0.39 is 0 Å². The fraction of sp³-hybridized carbons (Fsp3) is 1.00. The summed E-state index contributed by atoms with van der Waals surface area (Å²) in [4.78, 5) is 0. The van der Waals surface area contributed by atoms with Crippen LogP contribution in [-0.4, -0.2) is 5.54 Å². The zero-order chi connectivity index (χ0) is 15.3. The number of nitrogens with two attached hydrogens (primary N) is 1. The van der Waals surface area contributed by atoms with Gasteiger partial charge in [0.05, 0.1) is 0 Å². The Balaban J connectivity index is 3.14. The van der Waals surface area contributed by atoms with Gasteiger partial charge >= 0.3 is 0 Å². The van der Waals surface area contributed by atoms with E-state index in [1.54, 1.807) is 0 Å². The van der Waals surface area contributed by atoms with Crippen molar-refractivity contribution in [1.29, 1.82) is 0 Å². The molecule has 0 aromatic heterocycles. The molecule has 0 aliphatic rings. The highest BCUT2D eigenvalue weighted by Crippen LogP contribution is 2.20. The SMILES string of the molecule is CCCCCCCCCCCCCCC(C)C(C)(C)N. The summed E-state index contributed by atoms with van der Waals surface area (Å²) < 4.78 is 0. The molecule has 0 aromatic carbocycles. The van der Waals surface area contributed by atoms with E-state index in [1.807, 2.05) is 0 Å². The molecule has 2 N–H and O–H groups in total. The van der Waals surface area contributed by atoms with Crippen molar-refractivity contribution >= 4 is 0 Å². The van der Waals surface area contributed by atoms with Crippen LogP contribution in [-0.2, 0) is 0 Å². The Morgan fingerprint density at radius 3 is 1.40 bits per heavy atom. The third-order valence-electron chi connectivity index (χ3n) is 4.76. The molecular formula is C19H41N. The molecule has 0 saturated carbocycles. The molecule has 0 fully saturated rings. The van der Waals surface area contributed by atoms with Crippen molar-refractivity contribution < 1.29 is 0 Å². The molecule has 0 heterocycles. The number of hydrogen-bond donors (Lipinski definition) is 1. The Morgan fingerprint density at radius 2 is 1.05 bits per heavy atom. The molecule has 0 radical (unpaired) electrons. The van der Waals surface area contributed by atoms with E-state index >= 15 is 0 Å². The van der Waals surface area contributed by atoms with Crippen molar-refractivity contribution in [2.45, 2.75) is 117 Å². The first-order valence-corrected chi connectivity index (χ1v) is 9.27. The average molecular weight is 284 g/mol. The van der Waals surface area contributed by atoms with Gasteiger partial charge in [-0.2, -0.15) is 0 Å². The molecule has 0 aliphatic carbocycles. The molecule has 1 unspecified atom stereocenters. The molecule has 1 atom stereocenters. The number of rotatable bonds is 14. The van der Waals surface area contributed by atoms with Gasteiger partial charge in [0.1, 0.15) is 0 Å². The van der Waals surface area contributed by atoms with Gasteiger partial charge in [0.15, 0.2) is 0 Å².